The fraction of sp³-hybridized carbons (Fsp3) is 0.650. The third kappa shape index (κ3) is 3.24. The Balaban J connectivity index is 1.57. The fourth-order valence-corrected chi connectivity index (χ4v) is 5.15. The second-order valence-electron chi connectivity index (χ2n) is 8.09. The number of carbonyl (C=O) groups excluding carboxylic acids is 1. The second kappa shape index (κ2) is 6.75. The standard InChI is InChI=1S/C20H25ClF2N2O/c21-16-8-6-15(7-9-16)12-24-14-20(22,23)13-19(24)10-11-25(18(19)26)17-4-2-1-3-5-17/h6-9,17H,1-5,10-14H2. The van der Waals surface area contributed by atoms with Crippen molar-refractivity contribution in [1.29, 1.82) is 0 Å². The Hall–Kier alpha value is -1.20. The Kier molecular flexibility index (Phi) is 4.72. The lowest BCUT2D eigenvalue weighted by atomic mass is 9.91. The average Bonchev–Trinajstić information content (AvgIpc) is 3.07. The van der Waals surface area contributed by atoms with Gasteiger partial charge in [-0.1, -0.05) is 43.0 Å². The predicted octanol–water partition coefficient (Wildman–Crippen LogP) is 4.48. The highest BCUT2D eigenvalue weighted by molar-refractivity contribution is 6.30. The van der Waals surface area contributed by atoms with Gasteiger partial charge in [-0.2, -0.15) is 0 Å². The lowest BCUT2D eigenvalue weighted by Crippen LogP contribution is -2.51. The molecule has 2 saturated heterocycles. The van der Waals surface area contributed by atoms with E-state index in [2.05, 4.69) is 0 Å². The summed E-state index contributed by atoms with van der Waals surface area (Å²) >= 11 is 5.93. The van der Waals surface area contributed by atoms with E-state index in [1.807, 2.05) is 17.0 Å². The summed E-state index contributed by atoms with van der Waals surface area (Å²) in [6.07, 6.45) is 5.65. The monoisotopic (exact) mass is 382 g/mol. The molecule has 26 heavy (non-hydrogen) atoms. The molecule has 6 heteroatoms. The van der Waals surface area contributed by atoms with E-state index in [1.54, 1.807) is 17.0 Å². The molecule has 1 aliphatic carbocycles. The van der Waals surface area contributed by atoms with Gasteiger partial charge in [0.25, 0.3) is 5.92 Å². The summed E-state index contributed by atoms with van der Waals surface area (Å²) in [5, 5.41) is 0.621. The number of amides is 1. The van der Waals surface area contributed by atoms with E-state index in [-0.39, 0.29) is 24.9 Å². The van der Waals surface area contributed by atoms with Gasteiger partial charge in [-0.15, -0.1) is 0 Å². The molecular formula is C20H25ClF2N2O. The molecule has 0 radical (unpaired) electrons. The third-order valence-corrected chi connectivity index (χ3v) is 6.56. The van der Waals surface area contributed by atoms with Gasteiger partial charge in [0.2, 0.25) is 5.91 Å². The molecule has 1 aromatic rings. The van der Waals surface area contributed by atoms with E-state index in [0.717, 1.165) is 31.2 Å². The molecule has 1 saturated carbocycles. The fourth-order valence-electron chi connectivity index (χ4n) is 5.02. The van der Waals surface area contributed by atoms with Gasteiger partial charge in [0.05, 0.1) is 6.54 Å². The van der Waals surface area contributed by atoms with Crippen LogP contribution in [0.1, 0.15) is 50.5 Å². The lowest BCUT2D eigenvalue weighted by molar-refractivity contribution is -0.139. The first-order valence-electron chi connectivity index (χ1n) is 9.58. The third-order valence-electron chi connectivity index (χ3n) is 6.31. The first kappa shape index (κ1) is 18.2. The van der Waals surface area contributed by atoms with Gasteiger partial charge >= 0.3 is 0 Å². The summed E-state index contributed by atoms with van der Waals surface area (Å²) in [6, 6.07) is 7.48. The Morgan fingerprint density at radius 2 is 1.81 bits per heavy atom. The molecule has 4 rings (SSSR count). The molecule has 142 valence electrons. The van der Waals surface area contributed by atoms with Gasteiger partial charge in [-0.25, -0.2) is 8.78 Å². The Morgan fingerprint density at radius 3 is 2.50 bits per heavy atom. The first-order chi connectivity index (χ1) is 12.4. The van der Waals surface area contributed by atoms with E-state index in [4.69, 9.17) is 11.6 Å². The van der Waals surface area contributed by atoms with E-state index in [1.165, 1.54) is 6.42 Å². The van der Waals surface area contributed by atoms with E-state index in [9.17, 15) is 13.6 Å². The zero-order chi connectivity index (χ0) is 18.4. The second-order valence-corrected chi connectivity index (χ2v) is 8.52. The minimum absolute atomic E-state index is 0.0736. The minimum Gasteiger partial charge on any atom is -0.338 e. The van der Waals surface area contributed by atoms with Crippen molar-refractivity contribution in [2.24, 2.45) is 0 Å². The van der Waals surface area contributed by atoms with Crippen LogP contribution in [0.3, 0.4) is 0 Å². The zero-order valence-corrected chi connectivity index (χ0v) is 15.7. The van der Waals surface area contributed by atoms with Crippen LogP contribution in [-0.4, -0.2) is 46.3 Å². The molecule has 1 aromatic carbocycles. The Labute approximate surface area is 158 Å². The molecule has 2 aliphatic heterocycles. The topological polar surface area (TPSA) is 23.6 Å². The molecule has 1 atom stereocenters. The van der Waals surface area contributed by atoms with Crippen LogP contribution in [0.15, 0.2) is 24.3 Å². The molecule has 3 aliphatic rings. The number of nitrogens with zero attached hydrogens (tertiary/aromatic N) is 2. The Bertz CT molecular complexity index is 675. The quantitative estimate of drug-likeness (QED) is 0.769. The van der Waals surface area contributed by atoms with Crippen molar-refractivity contribution in [3.05, 3.63) is 34.9 Å². The van der Waals surface area contributed by atoms with E-state index >= 15 is 0 Å². The van der Waals surface area contributed by atoms with Crippen LogP contribution in [0.4, 0.5) is 8.78 Å². The number of hydrogen-bond acceptors (Lipinski definition) is 2. The number of benzene rings is 1. The maximum Gasteiger partial charge on any atom is 0.262 e. The van der Waals surface area contributed by atoms with Crippen molar-refractivity contribution in [2.75, 3.05) is 13.1 Å². The zero-order valence-electron chi connectivity index (χ0n) is 14.9. The van der Waals surface area contributed by atoms with Crippen LogP contribution in [-0.2, 0) is 11.3 Å². The molecule has 0 aromatic heterocycles. The number of halogens is 3. The Morgan fingerprint density at radius 1 is 1.12 bits per heavy atom. The largest absolute Gasteiger partial charge is 0.338 e. The van der Waals surface area contributed by atoms with Gasteiger partial charge in [-0.05, 0) is 37.0 Å². The number of hydrogen-bond donors (Lipinski definition) is 0. The van der Waals surface area contributed by atoms with Crippen LogP contribution in [0.25, 0.3) is 0 Å². The van der Waals surface area contributed by atoms with Crippen molar-refractivity contribution in [3.8, 4) is 0 Å². The van der Waals surface area contributed by atoms with Gasteiger partial charge in [0.1, 0.15) is 5.54 Å². The summed E-state index contributed by atoms with van der Waals surface area (Å²) in [7, 11) is 0. The van der Waals surface area contributed by atoms with E-state index in [0.29, 0.717) is 24.5 Å². The highest BCUT2D eigenvalue weighted by Gasteiger charge is 2.62. The van der Waals surface area contributed by atoms with Crippen LogP contribution in [0.2, 0.25) is 5.02 Å². The van der Waals surface area contributed by atoms with Crippen molar-refractivity contribution in [1.82, 2.24) is 9.80 Å². The highest BCUT2D eigenvalue weighted by Crippen LogP contribution is 2.47. The average molecular weight is 383 g/mol. The van der Waals surface area contributed by atoms with Crippen molar-refractivity contribution in [3.63, 3.8) is 0 Å². The molecular weight excluding hydrogens is 358 g/mol. The van der Waals surface area contributed by atoms with Crippen LogP contribution in [0.5, 0.6) is 0 Å². The molecule has 1 unspecified atom stereocenters. The molecule has 1 spiro atoms. The molecule has 3 nitrogen and oxygen atoms in total. The van der Waals surface area contributed by atoms with Crippen molar-refractivity contribution < 1.29 is 13.6 Å². The predicted molar refractivity (Wildman–Crippen MR) is 97.4 cm³/mol. The van der Waals surface area contributed by atoms with Crippen LogP contribution >= 0.6 is 11.6 Å². The van der Waals surface area contributed by atoms with E-state index < -0.39 is 11.5 Å². The lowest BCUT2D eigenvalue weighted by Gasteiger charge is -2.36. The normalized spacial score (nSPS) is 29.8. The summed E-state index contributed by atoms with van der Waals surface area (Å²) in [4.78, 5) is 16.9. The summed E-state index contributed by atoms with van der Waals surface area (Å²) in [5.74, 6) is -2.89. The van der Waals surface area contributed by atoms with Gasteiger partial charge in [-0.3, -0.25) is 9.69 Å². The maximum absolute atomic E-state index is 14.4. The molecule has 2 heterocycles. The molecule has 3 fully saturated rings. The van der Waals surface area contributed by atoms with Crippen LogP contribution in [0, 0.1) is 0 Å². The summed E-state index contributed by atoms with van der Waals surface area (Å²) in [6.45, 7) is 0.619. The first-order valence-corrected chi connectivity index (χ1v) is 9.96. The van der Waals surface area contributed by atoms with Gasteiger partial charge in [0, 0.05) is 30.6 Å². The molecule has 1 amide bonds. The summed E-state index contributed by atoms with van der Waals surface area (Å²) < 4.78 is 28.7. The van der Waals surface area contributed by atoms with Crippen molar-refractivity contribution in [2.45, 2.75) is 69.0 Å². The van der Waals surface area contributed by atoms with Crippen LogP contribution < -0.4 is 0 Å². The summed E-state index contributed by atoms with van der Waals surface area (Å²) in [5.41, 5.74) is -0.129. The van der Waals surface area contributed by atoms with Crippen molar-refractivity contribution >= 4 is 17.5 Å². The number of alkyl halides is 2. The highest BCUT2D eigenvalue weighted by atomic mass is 35.5. The molecule has 0 N–H and O–H groups in total. The van der Waals surface area contributed by atoms with Gasteiger partial charge < -0.3 is 4.90 Å². The van der Waals surface area contributed by atoms with Gasteiger partial charge in [0.15, 0.2) is 0 Å². The molecule has 0 bridgehead atoms. The number of rotatable bonds is 3. The smallest absolute Gasteiger partial charge is 0.262 e. The number of carbonyl (C=O) groups is 1. The number of likely N-dealkylation sites (tertiary alicyclic amines) is 2. The maximum atomic E-state index is 14.4. The minimum atomic E-state index is -2.81. The SMILES string of the molecule is O=C1N(C2CCCCC2)CCC12CC(F)(F)CN2Cc1ccc(Cl)cc1.